The van der Waals surface area contributed by atoms with Crippen LogP contribution in [0.4, 0.5) is 0 Å². The monoisotopic (exact) mass is 290 g/mol. The lowest BCUT2D eigenvalue weighted by Crippen LogP contribution is -2.18. The molecular weight excluding hydrogens is 268 g/mol. The van der Waals surface area contributed by atoms with Crippen LogP contribution in [0.2, 0.25) is 0 Å². The molecule has 2 aliphatic rings. The van der Waals surface area contributed by atoms with Crippen molar-refractivity contribution in [2.24, 2.45) is 11.8 Å². The topological polar surface area (TPSA) is 55.8 Å². The molecule has 4 nitrogen and oxygen atoms in total. The number of hydrogen-bond donors (Lipinski definition) is 1. The van der Waals surface area contributed by atoms with E-state index in [1.807, 2.05) is 24.3 Å². The molecule has 4 atom stereocenters. The van der Waals surface area contributed by atoms with Crippen molar-refractivity contribution in [2.45, 2.75) is 37.9 Å². The van der Waals surface area contributed by atoms with Gasteiger partial charge < -0.3 is 14.6 Å². The summed E-state index contributed by atoms with van der Waals surface area (Å²) in [5, 5.41) is 9.67. The second-order valence-corrected chi connectivity index (χ2v) is 6.11. The summed E-state index contributed by atoms with van der Waals surface area (Å²) in [4.78, 5) is 11.4. The molecule has 0 radical (unpaired) electrons. The van der Waals surface area contributed by atoms with Gasteiger partial charge in [-0.15, -0.1) is 0 Å². The molecule has 1 aromatic rings. The molecule has 2 fully saturated rings. The van der Waals surface area contributed by atoms with E-state index in [9.17, 15) is 9.90 Å². The second-order valence-electron chi connectivity index (χ2n) is 6.11. The van der Waals surface area contributed by atoms with Crippen molar-refractivity contribution in [1.82, 2.24) is 0 Å². The van der Waals surface area contributed by atoms with Gasteiger partial charge in [-0.1, -0.05) is 18.2 Å². The van der Waals surface area contributed by atoms with Crippen LogP contribution in [0.15, 0.2) is 24.3 Å². The lowest BCUT2D eigenvalue weighted by molar-refractivity contribution is -0.118. The van der Waals surface area contributed by atoms with Gasteiger partial charge in [0.25, 0.3) is 0 Å². The Morgan fingerprint density at radius 1 is 1.24 bits per heavy atom. The third kappa shape index (κ3) is 2.97. The number of para-hydroxylation sites is 1. The molecule has 0 spiro atoms. The van der Waals surface area contributed by atoms with E-state index >= 15 is 0 Å². The summed E-state index contributed by atoms with van der Waals surface area (Å²) in [6.07, 6.45) is 3.06. The molecule has 4 heteroatoms. The Morgan fingerprint density at radius 3 is 2.52 bits per heavy atom. The van der Waals surface area contributed by atoms with E-state index < -0.39 is 0 Å². The van der Waals surface area contributed by atoms with E-state index in [-0.39, 0.29) is 18.8 Å². The fourth-order valence-electron chi connectivity index (χ4n) is 3.82. The van der Waals surface area contributed by atoms with Gasteiger partial charge in [0, 0.05) is 18.4 Å². The van der Waals surface area contributed by atoms with Gasteiger partial charge >= 0.3 is 0 Å². The van der Waals surface area contributed by atoms with Crippen molar-refractivity contribution in [1.29, 1.82) is 0 Å². The summed E-state index contributed by atoms with van der Waals surface area (Å²) in [6.45, 7) is -0.0643. The Labute approximate surface area is 125 Å². The van der Waals surface area contributed by atoms with Gasteiger partial charge in [-0.25, -0.2) is 0 Å². The van der Waals surface area contributed by atoms with Crippen LogP contribution in [-0.4, -0.2) is 30.7 Å². The maximum absolute atomic E-state index is 11.4. The summed E-state index contributed by atoms with van der Waals surface area (Å²) in [5.41, 5.74) is 0.885. The Morgan fingerprint density at radius 2 is 1.90 bits per heavy atom. The fourth-order valence-corrected chi connectivity index (χ4v) is 3.82. The van der Waals surface area contributed by atoms with E-state index in [2.05, 4.69) is 0 Å². The number of benzene rings is 1. The summed E-state index contributed by atoms with van der Waals surface area (Å²) in [6, 6.07) is 7.64. The number of fused-ring (bicyclic) bond motifs is 1. The van der Waals surface area contributed by atoms with Crippen LogP contribution in [0.3, 0.4) is 0 Å². The Kier molecular flexibility index (Phi) is 4.27. The normalized spacial score (nSPS) is 29.4. The smallest absolute Gasteiger partial charge is 0.133 e. The summed E-state index contributed by atoms with van der Waals surface area (Å²) >= 11 is 0. The molecule has 1 N–H and O–H groups in total. The molecule has 1 aromatic carbocycles. The highest BCUT2D eigenvalue weighted by Gasteiger charge is 2.42. The van der Waals surface area contributed by atoms with Crippen molar-refractivity contribution in [3.63, 3.8) is 0 Å². The van der Waals surface area contributed by atoms with Crippen LogP contribution >= 0.6 is 0 Å². The average molecular weight is 290 g/mol. The zero-order valence-corrected chi connectivity index (χ0v) is 12.3. The van der Waals surface area contributed by atoms with Crippen molar-refractivity contribution in [3.05, 3.63) is 29.8 Å². The average Bonchev–Trinajstić information content (AvgIpc) is 3.01. The Balaban J connectivity index is 1.67. The molecule has 0 heterocycles. The molecule has 2 unspecified atom stereocenters. The number of carbonyl (C=O) groups excluding carboxylic acids is 1. The molecule has 0 saturated heterocycles. The highest BCUT2D eigenvalue weighted by atomic mass is 16.5. The largest absolute Gasteiger partial charge is 0.496 e. The van der Waals surface area contributed by atoms with Crippen LogP contribution < -0.4 is 4.74 Å². The van der Waals surface area contributed by atoms with E-state index in [0.29, 0.717) is 30.5 Å². The van der Waals surface area contributed by atoms with Crippen LogP contribution in [0, 0.1) is 11.8 Å². The zero-order valence-electron chi connectivity index (χ0n) is 12.3. The van der Waals surface area contributed by atoms with Crippen LogP contribution in [0.5, 0.6) is 5.75 Å². The maximum atomic E-state index is 11.4. The van der Waals surface area contributed by atoms with E-state index in [1.54, 1.807) is 7.11 Å². The van der Waals surface area contributed by atoms with Gasteiger partial charge in [0.05, 0.1) is 19.8 Å². The first-order valence-corrected chi connectivity index (χ1v) is 7.62. The number of hydrogen-bond acceptors (Lipinski definition) is 4. The number of rotatable bonds is 5. The van der Waals surface area contributed by atoms with Crippen LogP contribution in [-0.2, 0) is 9.53 Å². The maximum Gasteiger partial charge on any atom is 0.133 e. The van der Waals surface area contributed by atoms with Gasteiger partial charge in [0.15, 0.2) is 0 Å². The third-order valence-corrected chi connectivity index (χ3v) is 4.79. The highest BCUT2D eigenvalue weighted by molar-refractivity contribution is 5.81. The number of aliphatic hydroxyl groups excluding tert-OH is 1. The second kappa shape index (κ2) is 6.16. The fraction of sp³-hybridized carbons (Fsp3) is 0.588. The predicted octanol–water partition coefficient (Wildman–Crippen LogP) is 2.50. The molecule has 21 heavy (non-hydrogen) atoms. The van der Waals surface area contributed by atoms with Crippen molar-refractivity contribution >= 4 is 5.78 Å². The number of methoxy groups -OCH3 is 1. The molecule has 0 bridgehead atoms. The van der Waals surface area contributed by atoms with E-state index in [4.69, 9.17) is 9.47 Å². The van der Waals surface area contributed by atoms with Gasteiger partial charge in [-0.05, 0) is 30.7 Å². The minimum atomic E-state index is -0.360. The number of carbonyl (C=O) groups is 1. The van der Waals surface area contributed by atoms with Gasteiger partial charge in [-0.2, -0.15) is 0 Å². The number of ether oxygens (including phenoxy) is 2. The minimum absolute atomic E-state index is 0.0643. The standard InChI is InChI=1S/C17H22O4/c1-20-16-5-3-2-4-15(16)17(10-18)21-14-8-11-6-13(19)7-12(11)9-14/h2-5,11-12,14,17-18H,6-10H2,1H3/t11-,12+,14?,17?. The van der Waals surface area contributed by atoms with Crippen molar-refractivity contribution in [2.75, 3.05) is 13.7 Å². The molecule has 3 rings (SSSR count). The number of ketones is 1. The van der Waals surface area contributed by atoms with E-state index in [0.717, 1.165) is 24.2 Å². The lowest BCUT2D eigenvalue weighted by Gasteiger charge is -2.23. The molecule has 2 aliphatic carbocycles. The first-order chi connectivity index (χ1) is 10.2. The Bertz CT molecular complexity index is 497. The van der Waals surface area contributed by atoms with Crippen LogP contribution in [0.25, 0.3) is 0 Å². The Hall–Kier alpha value is -1.39. The SMILES string of the molecule is COc1ccccc1C(CO)OC1C[C@H]2CC(=O)C[C@H]2C1. The molecule has 0 amide bonds. The van der Waals surface area contributed by atoms with E-state index in [1.165, 1.54) is 0 Å². The van der Waals surface area contributed by atoms with Crippen molar-refractivity contribution < 1.29 is 19.4 Å². The summed E-state index contributed by atoms with van der Waals surface area (Å²) < 4.78 is 11.5. The molecule has 0 aliphatic heterocycles. The summed E-state index contributed by atoms with van der Waals surface area (Å²) in [7, 11) is 1.62. The first kappa shape index (κ1) is 14.5. The number of aliphatic hydroxyl groups is 1. The lowest BCUT2D eigenvalue weighted by atomic mass is 10.0. The predicted molar refractivity (Wildman–Crippen MR) is 78.1 cm³/mol. The van der Waals surface area contributed by atoms with Gasteiger partial charge in [-0.3, -0.25) is 4.79 Å². The zero-order chi connectivity index (χ0) is 14.8. The van der Waals surface area contributed by atoms with Crippen molar-refractivity contribution in [3.8, 4) is 5.75 Å². The molecular formula is C17H22O4. The summed E-state index contributed by atoms with van der Waals surface area (Å²) in [5.74, 6) is 2.11. The van der Waals surface area contributed by atoms with Gasteiger partial charge in [0.1, 0.15) is 17.6 Å². The first-order valence-electron chi connectivity index (χ1n) is 7.62. The molecule has 114 valence electrons. The minimum Gasteiger partial charge on any atom is -0.496 e. The van der Waals surface area contributed by atoms with Gasteiger partial charge in [0.2, 0.25) is 0 Å². The molecule has 0 aromatic heterocycles. The third-order valence-electron chi connectivity index (χ3n) is 4.79. The van der Waals surface area contributed by atoms with Crippen LogP contribution in [0.1, 0.15) is 37.4 Å². The molecule has 2 saturated carbocycles. The number of Topliss-reactive ketones (excluding diaryl/α,β-unsaturated/α-hetero) is 1. The quantitative estimate of drug-likeness (QED) is 0.905. The highest BCUT2D eigenvalue weighted by Crippen LogP contribution is 2.45.